The summed E-state index contributed by atoms with van der Waals surface area (Å²) in [6, 6.07) is 0. The van der Waals surface area contributed by atoms with Gasteiger partial charge in [0.15, 0.2) is 0 Å². The molecule has 0 saturated carbocycles. The topological polar surface area (TPSA) is 61.8 Å². The molecular weight excluding hydrogens is 284 g/mol. The first-order valence-electron chi connectivity index (χ1n) is 7.81. The average Bonchev–Trinajstić information content (AvgIpc) is 2.75. The molecule has 0 fully saturated rings. The van der Waals surface area contributed by atoms with E-state index >= 15 is 0 Å². The molecule has 22 heavy (non-hydrogen) atoms. The van der Waals surface area contributed by atoms with Gasteiger partial charge in [0.25, 0.3) is 0 Å². The van der Waals surface area contributed by atoms with Crippen molar-refractivity contribution in [2.45, 2.75) is 59.5 Å². The van der Waals surface area contributed by atoms with Gasteiger partial charge >= 0.3 is 11.9 Å². The summed E-state index contributed by atoms with van der Waals surface area (Å²) in [6.07, 6.45) is 5.40. The number of allylic oxidation sites excluding steroid dienone is 1. The van der Waals surface area contributed by atoms with Crippen LogP contribution in [0.25, 0.3) is 0 Å². The van der Waals surface area contributed by atoms with Crippen LogP contribution in [0.4, 0.5) is 0 Å². The maximum absolute atomic E-state index is 11.4. The van der Waals surface area contributed by atoms with Crippen molar-refractivity contribution in [3.05, 3.63) is 11.6 Å². The fourth-order valence-electron chi connectivity index (χ4n) is 2.36. The highest BCUT2D eigenvalue weighted by Crippen LogP contribution is 2.37. The highest BCUT2D eigenvalue weighted by molar-refractivity contribution is 6.29. The minimum Gasteiger partial charge on any atom is -0.458 e. The Morgan fingerprint density at radius 3 is 2.41 bits per heavy atom. The van der Waals surface area contributed by atoms with Crippen LogP contribution in [0.5, 0.6) is 0 Å². The molecule has 0 atom stereocenters. The molecule has 0 saturated heterocycles. The molecular formula is C17H28O5. The zero-order chi connectivity index (χ0) is 16.8. The van der Waals surface area contributed by atoms with Crippen LogP contribution in [-0.2, 0) is 23.8 Å². The van der Waals surface area contributed by atoms with Crippen molar-refractivity contribution >= 4 is 11.9 Å². The van der Waals surface area contributed by atoms with Gasteiger partial charge in [-0.2, -0.15) is 0 Å². The number of hydrogen-bond donors (Lipinski definition) is 0. The molecule has 0 aliphatic heterocycles. The molecule has 1 aliphatic carbocycles. The number of rotatable bonds is 7. The third-order valence-corrected chi connectivity index (χ3v) is 3.56. The first kappa shape index (κ1) is 18.7. The van der Waals surface area contributed by atoms with E-state index < -0.39 is 17.5 Å². The Labute approximate surface area is 133 Å². The first-order valence-corrected chi connectivity index (χ1v) is 7.81. The second-order valence-corrected chi connectivity index (χ2v) is 7.06. The minimum atomic E-state index is -0.973. The first-order chi connectivity index (χ1) is 10.2. The normalized spacial score (nSPS) is 17.0. The van der Waals surface area contributed by atoms with Gasteiger partial charge in [-0.1, -0.05) is 25.5 Å². The number of esters is 2. The lowest BCUT2D eigenvalue weighted by Crippen LogP contribution is -2.34. The van der Waals surface area contributed by atoms with E-state index in [-0.39, 0.29) is 13.2 Å². The summed E-state index contributed by atoms with van der Waals surface area (Å²) in [6.45, 7) is 10.6. The van der Waals surface area contributed by atoms with Crippen molar-refractivity contribution in [2.24, 2.45) is 5.41 Å². The number of carbonyl (C=O) groups excluding carboxylic acids is 2. The van der Waals surface area contributed by atoms with Gasteiger partial charge in [0, 0.05) is 0 Å². The van der Waals surface area contributed by atoms with E-state index in [1.807, 2.05) is 13.8 Å². The summed E-state index contributed by atoms with van der Waals surface area (Å²) >= 11 is 0. The average molecular weight is 312 g/mol. The van der Waals surface area contributed by atoms with Crippen molar-refractivity contribution in [1.29, 1.82) is 0 Å². The molecule has 0 aromatic heterocycles. The van der Waals surface area contributed by atoms with Crippen LogP contribution >= 0.6 is 0 Å². The quantitative estimate of drug-likeness (QED) is 0.411. The number of carbonyl (C=O) groups is 2. The lowest BCUT2D eigenvalue weighted by Gasteiger charge is -2.25. The predicted molar refractivity (Wildman–Crippen MR) is 83.3 cm³/mol. The zero-order valence-corrected chi connectivity index (χ0v) is 14.4. The fourth-order valence-corrected chi connectivity index (χ4v) is 2.36. The van der Waals surface area contributed by atoms with E-state index in [2.05, 4.69) is 24.7 Å². The molecule has 5 heteroatoms. The Bertz CT molecular complexity index is 434. The molecule has 5 nitrogen and oxygen atoms in total. The lowest BCUT2D eigenvalue weighted by molar-refractivity contribution is -0.172. The summed E-state index contributed by atoms with van der Waals surface area (Å²) in [5, 5.41) is 0. The van der Waals surface area contributed by atoms with E-state index in [1.54, 1.807) is 6.92 Å². The van der Waals surface area contributed by atoms with Gasteiger partial charge in [-0.15, -0.1) is 0 Å². The molecule has 0 heterocycles. The van der Waals surface area contributed by atoms with E-state index in [0.29, 0.717) is 12.0 Å². The monoisotopic (exact) mass is 312 g/mol. The number of hydrogen-bond acceptors (Lipinski definition) is 5. The molecule has 1 rings (SSSR count). The van der Waals surface area contributed by atoms with Crippen molar-refractivity contribution in [1.82, 2.24) is 0 Å². The molecule has 0 unspecified atom stereocenters. The third kappa shape index (κ3) is 6.60. The Morgan fingerprint density at radius 2 is 1.86 bits per heavy atom. The van der Waals surface area contributed by atoms with Crippen LogP contribution in [0, 0.1) is 5.41 Å². The predicted octanol–water partition coefficient (Wildman–Crippen LogP) is 3.02. The van der Waals surface area contributed by atoms with Gasteiger partial charge in [-0.25, -0.2) is 9.59 Å². The van der Waals surface area contributed by atoms with Crippen LogP contribution in [0.2, 0.25) is 0 Å². The van der Waals surface area contributed by atoms with Gasteiger partial charge in [0.05, 0.1) is 18.8 Å². The summed E-state index contributed by atoms with van der Waals surface area (Å²) in [5.41, 5.74) is 1.15. The Hall–Kier alpha value is -1.36. The summed E-state index contributed by atoms with van der Waals surface area (Å²) in [4.78, 5) is 22.5. The molecule has 0 aromatic rings. The van der Waals surface area contributed by atoms with Crippen molar-refractivity contribution < 1.29 is 23.8 Å². The Kier molecular flexibility index (Phi) is 6.60. The maximum atomic E-state index is 11.4. The molecule has 0 radical (unpaired) electrons. The summed E-state index contributed by atoms with van der Waals surface area (Å²) in [7, 11) is 0. The smallest absolute Gasteiger partial charge is 0.417 e. The standard InChI is InChI=1S/C17H28O5/c1-6-20-14(18)15(19)21-12-17(4,5)22-10-8-13-7-9-16(2,3)11-13/h7H,6,8-12H2,1-5H3. The molecule has 0 amide bonds. The summed E-state index contributed by atoms with van der Waals surface area (Å²) in [5.74, 6) is -1.93. The van der Waals surface area contributed by atoms with Crippen LogP contribution in [0.1, 0.15) is 53.9 Å². The highest BCUT2D eigenvalue weighted by Gasteiger charge is 2.26. The molecule has 0 bridgehead atoms. The van der Waals surface area contributed by atoms with E-state index in [9.17, 15) is 9.59 Å². The molecule has 0 spiro atoms. The minimum absolute atomic E-state index is 0.0230. The van der Waals surface area contributed by atoms with E-state index in [4.69, 9.17) is 9.47 Å². The molecule has 1 aliphatic rings. The Balaban J connectivity index is 2.26. The lowest BCUT2D eigenvalue weighted by atomic mass is 9.89. The zero-order valence-electron chi connectivity index (χ0n) is 14.4. The highest BCUT2D eigenvalue weighted by atomic mass is 16.6. The van der Waals surface area contributed by atoms with Crippen LogP contribution in [0.15, 0.2) is 11.6 Å². The van der Waals surface area contributed by atoms with Crippen molar-refractivity contribution in [2.75, 3.05) is 19.8 Å². The van der Waals surface area contributed by atoms with Crippen LogP contribution in [-0.4, -0.2) is 37.4 Å². The molecule has 0 N–H and O–H groups in total. The number of ether oxygens (including phenoxy) is 3. The largest absolute Gasteiger partial charge is 0.458 e. The SMILES string of the molecule is CCOC(=O)C(=O)OCC(C)(C)OCCC1=CCC(C)(C)C1. The van der Waals surface area contributed by atoms with Crippen LogP contribution in [0.3, 0.4) is 0 Å². The molecule has 126 valence electrons. The van der Waals surface area contributed by atoms with Crippen LogP contribution < -0.4 is 0 Å². The van der Waals surface area contributed by atoms with E-state index in [0.717, 1.165) is 19.3 Å². The van der Waals surface area contributed by atoms with E-state index in [1.165, 1.54) is 5.57 Å². The van der Waals surface area contributed by atoms with Gasteiger partial charge in [0.2, 0.25) is 0 Å². The van der Waals surface area contributed by atoms with Crippen molar-refractivity contribution in [3.63, 3.8) is 0 Å². The van der Waals surface area contributed by atoms with Gasteiger partial charge in [-0.3, -0.25) is 0 Å². The third-order valence-electron chi connectivity index (χ3n) is 3.56. The van der Waals surface area contributed by atoms with Crippen molar-refractivity contribution in [3.8, 4) is 0 Å². The fraction of sp³-hybridized carbons (Fsp3) is 0.765. The van der Waals surface area contributed by atoms with Gasteiger partial charge in [0.1, 0.15) is 6.61 Å². The molecule has 0 aromatic carbocycles. The second-order valence-electron chi connectivity index (χ2n) is 7.06. The second kappa shape index (κ2) is 7.77. The Morgan fingerprint density at radius 1 is 1.23 bits per heavy atom. The summed E-state index contributed by atoms with van der Waals surface area (Å²) < 4.78 is 15.3. The van der Waals surface area contributed by atoms with Gasteiger partial charge < -0.3 is 14.2 Å². The maximum Gasteiger partial charge on any atom is 0.417 e. The van der Waals surface area contributed by atoms with Gasteiger partial charge in [-0.05, 0) is 45.4 Å².